The first-order valence-electron chi connectivity index (χ1n) is 10.9. The summed E-state index contributed by atoms with van der Waals surface area (Å²) in [4.78, 5) is 32.2. The number of ether oxygens (including phenoxy) is 4. The highest BCUT2D eigenvalue weighted by atomic mass is 16.6. The molecule has 1 atom stereocenters. The summed E-state index contributed by atoms with van der Waals surface area (Å²) in [7, 11) is 3.00. The van der Waals surface area contributed by atoms with Gasteiger partial charge in [0.2, 0.25) is 0 Å². The molecule has 1 N–H and O–H groups in total. The number of hydrogen-bond donors (Lipinski definition) is 1. The predicted octanol–water partition coefficient (Wildman–Crippen LogP) is 3.50. The Balaban J connectivity index is 1.73. The van der Waals surface area contributed by atoms with Crippen LogP contribution in [0.1, 0.15) is 17.2 Å². The van der Waals surface area contributed by atoms with Crippen molar-refractivity contribution < 1.29 is 33.6 Å². The minimum atomic E-state index is -1.00. The maximum Gasteiger partial charge on any atom is 0.301 e. The Kier molecular flexibility index (Phi) is 5.74. The van der Waals surface area contributed by atoms with Gasteiger partial charge >= 0.3 is 5.91 Å². The van der Waals surface area contributed by atoms with E-state index < -0.39 is 17.7 Å². The van der Waals surface area contributed by atoms with Gasteiger partial charge in [0, 0.05) is 23.4 Å². The molecule has 1 saturated heterocycles. The highest BCUT2D eigenvalue weighted by molar-refractivity contribution is 6.51. The van der Waals surface area contributed by atoms with Crippen molar-refractivity contribution in [3.63, 3.8) is 0 Å². The molecule has 1 fully saturated rings. The number of aromatic nitrogens is 1. The van der Waals surface area contributed by atoms with E-state index in [-0.39, 0.29) is 17.2 Å². The number of fused-ring (bicyclic) bond motifs is 1. The minimum Gasteiger partial charge on any atom is -0.507 e. The molecule has 35 heavy (non-hydrogen) atoms. The fraction of sp³-hybridized carbons (Fsp3) is 0.192. The monoisotopic (exact) mass is 474 g/mol. The Morgan fingerprint density at radius 2 is 1.80 bits per heavy atom. The lowest BCUT2D eigenvalue weighted by atomic mass is 9.94. The number of Topliss-reactive ketones (excluding diaryl/α,β-unsaturated/α-hetero) is 1. The van der Waals surface area contributed by atoms with Crippen LogP contribution in [0.25, 0.3) is 5.76 Å². The second-order valence-electron chi connectivity index (χ2n) is 7.82. The van der Waals surface area contributed by atoms with Gasteiger partial charge in [-0.2, -0.15) is 0 Å². The average Bonchev–Trinajstić information content (AvgIpc) is 3.17. The van der Waals surface area contributed by atoms with E-state index >= 15 is 0 Å². The van der Waals surface area contributed by atoms with Crippen LogP contribution in [0, 0.1) is 0 Å². The number of hydrogen-bond acceptors (Lipinski definition) is 8. The molecule has 0 saturated carbocycles. The van der Waals surface area contributed by atoms with Crippen LogP contribution < -0.4 is 23.8 Å². The van der Waals surface area contributed by atoms with Crippen LogP contribution in [0.5, 0.6) is 23.0 Å². The van der Waals surface area contributed by atoms with Crippen molar-refractivity contribution in [2.45, 2.75) is 6.04 Å². The van der Waals surface area contributed by atoms with Gasteiger partial charge in [-0.3, -0.25) is 14.5 Å². The van der Waals surface area contributed by atoms with E-state index in [1.807, 2.05) is 0 Å². The quantitative estimate of drug-likeness (QED) is 0.340. The van der Waals surface area contributed by atoms with Crippen molar-refractivity contribution in [1.29, 1.82) is 0 Å². The molecule has 2 aromatic carbocycles. The number of carbonyl (C=O) groups excluding carboxylic acids is 2. The van der Waals surface area contributed by atoms with Gasteiger partial charge in [-0.15, -0.1) is 0 Å². The summed E-state index contributed by atoms with van der Waals surface area (Å²) in [5.41, 5.74) is 0.698. The number of nitrogens with zero attached hydrogens (tertiary/aromatic N) is 2. The summed E-state index contributed by atoms with van der Waals surface area (Å²) in [6, 6.07) is 13.9. The van der Waals surface area contributed by atoms with Crippen molar-refractivity contribution >= 4 is 23.3 Å². The molecule has 2 aliphatic heterocycles. The molecule has 5 rings (SSSR count). The summed E-state index contributed by atoms with van der Waals surface area (Å²) in [6.45, 7) is 0.787. The fourth-order valence-corrected chi connectivity index (χ4v) is 4.25. The van der Waals surface area contributed by atoms with Crippen LogP contribution in [-0.2, 0) is 9.59 Å². The molecule has 9 nitrogen and oxygen atoms in total. The lowest BCUT2D eigenvalue weighted by Crippen LogP contribution is -2.30. The van der Waals surface area contributed by atoms with E-state index in [0.29, 0.717) is 47.3 Å². The minimum absolute atomic E-state index is 0.0965. The maximum atomic E-state index is 13.3. The first-order valence-corrected chi connectivity index (χ1v) is 10.9. The van der Waals surface area contributed by atoms with Crippen molar-refractivity contribution in [3.05, 3.63) is 77.5 Å². The normalized spacial score (nSPS) is 18.5. The van der Waals surface area contributed by atoms with Crippen LogP contribution in [0.3, 0.4) is 0 Å². The van der Waals surface area contributed by atoms with E-state index in [2.05, 4.69) is 4.98 Å². The van der Waals surface area contributed by atoms with Gasteiger partial charge in [-0.1, -0.05) is 6.07 Å². The van der Waals surface area contributed by atoms with Crippen LogP contribution in [0.15, 0.2) is 66.4 Å². The van der Waals surface area contributed by atoms with E-state index in [1.54, 1.807) is 54.6 Å². The number of pyridine rings is 1. The third-order valence-electron chi connectivity index (χ3n) is 5.89. The first kappa shape index (κ1) is 22.3. The standard InChI is InChI=1S/C26H22N2O7/c1-32-16-7-8-17(19(14-16)33-2)23-22(25(30)26(31)28(23)21-5-3-4-10-27-21)24(29)15-6-9-18-20(13-15)35-12-11-34-18/h3-10,13-14,23,29H,11-12H2,1-2H3. The second-order valence-corrected chi connectivity index (χ2v) is 7.82. The summed E-state index contributed by atoms with van der Waals surface area (Å²) >= 11 is 0. The average molecular weight is 474 g/mol. The Bertz CT molecular complexity index is 1340. The molecule has 0 spiro atoms. The van der Waals surface area contributed by atoms with E-state index in [1.165, 1.54) is 25.3 Å². The van der Waals surface area contributed by atoms with E-state index in [0.717, 1.165) is 0 Å². The van der Waals surface area contributed by atoms with Crippen LogP contribution in [0.4, 0.5) is 5.82 Å². The lowest BCUT2D eigenvalue weighted by molar-refractivity contribution is -0.132. The second kappa shape index (κ2) is 9.02. The van der Waals surface area contributed by atoms with Gasteiger partial charge < -0.3 is 24.1 Å². The van der Waals surface area contributed by atoms with Gasteiger partial charge in [0.25, 0.3) is 5.78 Å². The molecule has 9 heteroatoms. The van der Waals surface area contributed by atoms with Gasteiger partial charge in [-0.05, 0) is 42.5 Å². The van der Waals surface area contributed by atoms with Crippen molar-refractivity contribution in [3.8, 4) is 23.0 Å². The summed E-state index contributed by atoms with van der Waals surface area (Å²) in [6.07, 6.45) is 1.53. The highest BCUT2D eigenvalue weighted by Crippen LogP contribution is 2.45. The first-order chi connectivity index (χ1) is 17.0. The number of carbonyl (C=O) groups is 2. The molecule has 3 aromatic rings. The Labute approximate surface area is 201 Å². The fourth-order valence-electron chi connectivity index (χ4n) is 4.25. The topological polar surface area (TPSA) is 107 Å². The molecule has 2 aliphatic rings. The molecular weight excluding hydrogens is 452 g/mol. The summed E-state index contributed by atoms with van der Waals surface area (Å²) in [5.74, 6) is 0.155. The van der Waals surface area contributed by atoms with E-state index in [9.17, 15) is 14.7 Å². The summed E-state index contributed by atoms with van der Waals surface area (Å²) in [5, 5.41) is 11.4. The molecule has 3 heterocycles. The van der Waals surface area contributed by atoms with Crippen LogP contribution in [-0.4, -0.2) is 49.2 Å². The third-order valence-corrected chi connectivity index (χ3v) is 5.89. The molecule has 1 unspecified atom stereocenters. The largest absolute Gasteiger partial charge is 0.507 e. The van der Waals surface area contributed by atoms with Crippen molar-refractivity contribution in [1.82, 2.24) is 4.98 Å². The molecule has 1 amide bonds. The molecule has 0 radical (unpaired) electrons. The Morgan fingerprint density at radius 3 is 2.51 bits per heavy atom. The molecule has 0 bridgehead atoms. The van der Waals surface area contributed by atoms with Crippen molar-refractivity contribution in [2.75, 3.05) is 32.3 Å². The number of ketones is 1. The Morgan fingerprint density at radius 1 is 1.00 bits per heavy atom. The molecule has 178 valence electrons. The zero-order valence-corrected chi connectivity index (χ0v) is 19.1. The van der Waals surface area contributed by atoms with Crippen molar-refractivity contribution in [2.24, 2.45) is 0 Å². The molecule has 1 aromatic heterocycles. The van der Waals surface area contributed by atoms with Gasteiger partial charge in [0.05, 0.1) is 19.8 Å². The van der Waals surface area contributed by atoms with E-state index in [4.69, 9.17) is 18.9 Å². The zero-order valence-electron chi connectivity index (χ0n) is 19.1. The predicted molar refractivity (Wildman–Crippen MR) is 126 cm³/mol. The molecule has 0 aliphatic carbocycles. The van der Waals surface area contributed by atoms with Gasteiger partial charge in [0.15, 0.2) is 11.5 Å². The molecular formula is C26H22N2O7. The number of methoxy groups -OCH3 is 2. The maximum absolute atomic E-state index is 13.3. The number of anilines is 1. The number of aliphatic hydroxyl groups is 1. The number of aliphatic hydroxyl groups excluding tert-OH is 1. The third kappa shape index (κ3) is 3.80. The summed E-state index contributed by atoms with van der Waals surface area (Å²) < 4.78 is 22.0. The van der Waals surface area contributed by atoms with Crippen LogP contribution >= 0.6 is 0 Å². The van der Waals surface area contributed by atoms with Crippen LogP contribution in [0.2, 0.25) is 0 Å². The smallest absolute Gasteiger partial charge is 0.301 e. The SMILES string of the molecule is COc1ccc(C2C(=C(O)c3ccc4c(c3)OCCO4)C(=O)C(=O)N2c2ccccn2)c(OC)c1. The zero-order chi connectivity index (χ0) is 24.5. The Hall–Kier alpha value is -4.53. The number of rotatable bonds is 5. The lowest BCUT2D eigenvalue weighted by Gasteiger charge is -2.26. The number of benzene rings is 2. The number of amides is 1. The van der Waals surface area contributed by atoms with Gasteiger partial charge in [0.1, 0.15) is 42.3 Å². The van der Waals surface area contributed by atoms with Gasteiger partial charge in [-0.25, -0.2) is 4.98 Å². The highest BCUT2D eigenvalue weighted by Gasteiger charge is 2.48.